The Morgan fingerprint density at radius 3 is 2.59 bits per heavy atom. The van der Waals surface area contributed by atoms with Gasteiger partial charge in [0.15, 0.2) is 11.5 Å². The molecule has 5 rings (SSSR count). The van der Waals surface area contributed by atoms with Gasteiger partial charge in [0.1, 0.15) is 12.1 Å². The Hall–Kier alpha value is -2.57. The van der Waals surface area contributed by atoms with E-state index in [-0.39, 0.29) is 0 Å². The van der Waals surface area contributed by atoms with E-state index in [1.807, 2.05) is 37.3 Å². The summed E-state index contributed by atoms with van der Waals surface area (Å²) in [6, 6.07) is 9.76. The number of nitrogens with zero attached hydrogens (tertiary/aromatic N) is 3. The van der Waals surface area contributed by atoms with E-state index in [1.165, 1.54) is 25.9 Å². The lowest BCUT2D eigenvalue weighted by molar-refractivity contribution is 0.227. The predicted octanol–water partition coefficient (Wildman–Crippen LogP) is 5.31. The highest BCUT2D eigenvalue weighted by Crippen LogP contribution is 2.42. The zero-order chi connectivity index (χ0) is 22.2. The van der Waals surface area contributed by atoms with Gasteiger partial charge in [-0.05, 0) is 68.3 Å². The van der Waals surface area contributed by atoms with Gasteiger partial charge in [-0.2, -0.15) is 0 Å². The van der Waals surface area contributed by atoms with Crippen LogP contribution in [0.15, 0.2) is 36.7 Å². The van der Waals surface area contributed by atoms with Crippen LogP contribution in [0.3, 0.4) is 0 Å². The normalized spacial score (nSPS) is 22.8. The van der Waals surface area contributed by atoms with Crippen LogP contribution in [0.4, 0.5) is 11.5 Å². The number of likely N-dealkylation sites (tertiary alicyclic amines) is 1. The minimum absolute atomic E-state index is 0.605. The van der Waals surface area contributed by atoms with Crippen molar-refractivity contribution in [3.8, 4) is 11.5 Å². The maximum atomic E-state index is 6.28. The number of aryl methyl sites for hydroxylation is 1. The Labute approximate surface area is 193 Å². The molecule has 168 valence electrons. The molecule has 1 aromatic heterocycles. The third-order valence-electron chi connectivity index (χ3n) is 6.86. The fourth-order valence-corrected chi connectivity index (χ4v) is 5.43. The van der Waals surface area contributed by atoms with Crippen molar-refractivity contribution in [1.29, 1.82) is 0 Å². The monoisotopic (exact) mass is 452 g/mol. The fourth-order valence-electron chi connectivity index (χ4n) is 5.25. The summed E-state index contributed by atoms with van der Waals surface area (Å²) in [7, 11) is 3.89. The van der Waals surface area contributed by atoms with Crippen LogP contribution in [0.2, 0.25) is 5.02 Å². The highest BCUT2D eigenvalue weighted by Gasteiger charge is 2.39. The Bertz CT molecular complexity index is 1120. The van der Waals surface area contributed by atoms with Crippen molar-refractivity contribution in [3.05, 3.63) is 47.2 Å². The highest BCUT2D eigenvalue weighted by molar-refractivity contribution is 6.31. The van der Waals surface area contributed by atoms with Gasteiger partial charge in [-0.15, -0.1) is 0 Å². The van der Waals surface area contributed by atoms with Crippen molar-refractivity contribution < 1.29 is 9.47 Å². The van der Waals surface area contributed by atoms with Gasteiger partial charge in [-0.3, -0.25) is 0 Å². The number of anilines is 2. The summed E-state index contributed by atoms with van der Waals surface area (Å²) in [6.45, 7) is 5.14. The van der Waals surface area contributed by atoms with E-state index in [9.17, 15) is 0 Å². The Morgan fingerprint density at radius 1 is 1.09 bits per heavy atom. The molecule has 7 heteroatoms. The summed E-state index contributed by atoms with van der Waals surface area (Å²) >= 11 is 6.28. The van der Waals surface area contributed by atoms with Gasteiger partial charge in [-0.25, -0.2) is 9.97 Å². The van der Waals surface area contributed by atoms with Crippen molar-refractivity contribution in [3.63, 3.8) is 0 Å². The summed E-state index contributed by atoms with van der Waals surface area (Å²) in [5.41, 5.74) is 2.71. The predicted molar refractivity (Wildman–Crippen MR) is 128 cm³/mol. The number of nitrogens with one attached hydrogen (secondary N) is 1. The first-order chi connectivity index (χ1) is 15.5. The highest BCUT2D eigenvalue weighted by atomic mass is 35.5. The molecule has 1 N–H and O–H groups in total. The Balaban J connectivity index is 1.35. The van der Waals surface area contributed by atoms with Crippen LogP contribution in [-0.2, 0) is 0 Å². The molecule has 2 aliphatic rings. The molecule has 1 aliphatic heterocycles. The molecule has 1 saturated heterocycles. The van der Waals surface area contributed by atoms with Crippen LogP contribution >= 0.6 is 11.6 Å². The first-order valence-corrected chi connectivity index (χ1v) is 11.5. The first-order valence-electron chi connectivity index (χ1n) is 11.2. The third-order valence-corrected chi connectivity index (χ3v) is 7.27. The lowest BCUT2D eigenvalue weighted by Crippen LogP contribution is -2.18. The van der Waals surface area contributed by atoms with Crippen LogP contribution in [-0.4, -0.2) is 48.7 Å². The first kappa shape index (κ1) is 21.3. The zero-order valence-corrected chi connectivity index (χ0v) is 19.5. The topological polar surface area (TPSA) is 59.5 Å². The van der Waals surface area contributed by atoms with Gasteiger partial charge in [-0.1, -0.05) is 17.7 Å². The molecule has 0 bridgehead atoms. The van der Waals surface area contributed by atoms with Crippen molar-refractivity contribution in [2.24, 2.45) is 17.8 Å². The SMILES string of the molecule is COc1cc2c(Nc3ccc(C)c(Cl)c3)ncnc2cc1OC[C@H]1C[C@@H]2CN(C)C[C@@H]2C1. The van der Waals surface area contributed by atoms with Gasteiger partial charge in [0, 0.05) is 35.3 Å². The molecular weight excluding hydrogens is 424 g/mol. The molecule has 0 spiro atoms. The van der Waals surface area contributed by atoms with Crippen molar-refractivity contribution >= 4 is 34.0 Å². The minimum atomic E-state index is 0.605. The molecule has 0 radical (unpaired) electrons. The van der Waals surface area contributed by atoms with E-state index < -0.39 is 0 Å². The second-order valence-corrected chi connectivity index (χ2v) is 9.63. The molecule has 0 unspecified atom stereocenters. The fraction of sp³-hybridized carbons (Fsp3) is 0.440. The van der Waals surface area contributed by atoms with E-state index >= 15 is 0 Å². The van der Waals surface area contributed by atoms with E-state index in [4.69, 9.17) is 21.1 Å². The number of benzene rings is 2. The van der Waals surface area contributed by atoms with Gasteiger partial charge >= 0.3 is 0 Å². The number of ether oxygens (including phenoxy) is 2. The van der Waals surface area contributed by atoms with E-state index in [2.05, 4.69) is 27.2 Å². The number of rotatable bonds is 6. The summed E-state index contributed by atoms with van der Waals surface area (Å²) in [5, 5.41) is 4.93. The van der Waals surface area contributed by atoms with Gasteiger partial charge < -0.3 is 19.7 Å². The van der Waals surface area contributed by atoms with Crippen molar-refractivity contribution in [2.75, 3.05) is 39.2 Å². The third kappa shape index (κ3) is 4.21. The van der Waals surface area contributed by atoms with E-state index in [1.54, 1.807) is 13.4 Å². The van der Waals surface area contributed by atoms with E-state index in [0.717, 1.165) is 46.3 Å². The molecule has 3 aromatic rings. The minimum Gasteiger partial charge on any atom is -0.493 e. The number of fused-ring (bicyclic) bond motifs is 2. The quantitative estimate of drug-likeness (QED) is 0.546. The lowest BCUT2D eigenvalue weighted by atomic mass is 10.0. The maximum Gasteiger partial charge on any atom is 0.163 e. The number of aromatic nitrogens is 2. The number of methoxy groups -OCH3 is 1. The molecule has 6 nitrogen and oxygen atoms in total. The van der Waals surface area contributed by atoms with Crippen LogP contribution in [0.5, 0.6) is 11.5 Å². The molecule has 3 atom stereocenters. The van der Waals surface area contributed by atoms with Gasteiger partial charge in [0.25, 0.3) is 0 Å². The summed E-state index contributed by atoms with van der Waals surface area (Å²) in [5.74, 6) is 4.38. The van der Waals surface area contributed by atoms with Crippen molar-refractivity contribution in [1.82, 2.24) is 14.9 Å². The molecule has 0 amide bonds. The van der Waals surface area contributed by atoms with Crippen LogP contribution in [0.25, 0.3) is 10.9 Å². The number of hydrogen-bond donors (Lipinski definition) is 1. The Kier molecular flexibility index (Phi) is 5.82. The zero-order valence-electron chi connectivity index (χ0n) is 18.8. The van der Waals surface area contributed by atoms with Gasteiger partial charge in [0.2, 0.25) is 0 Å². The standard InChI is InChI=1S/C25H29ClN4O2/c1-15-4-5-19(8-21(15)26)29-25-20-9-23(31-3)24(10-22(20)27-14-28-25)32-13-16-6-17-11-30(2)12-18(17)7-16/h4-5,8-10,14,16-18H,6-7,11-13H2,1-3H3,(H,27,28,29)/t16-,17+,18-. The average molecular weight is 453 g/mol. The van der Waals surface area contributed by atoms with Crippen molar-refractivity contribution in [2.45, 2.75) is 19.8 Å². The van der Waals surface area contributed by atoms with Crippen LogP contribution < -0.4 is 14.8 Å². The molecule has 2 aromatic carbocycles. The second kappa shape index (κ2) is 8.75. The molecule has 32 heavy (non-hydrogen) atoms. The second-order valence-electron chi connectivity index (χ2n) is 9.22. The largest absolute Gasteiger partial charge is 0.493 e. The van der Waals surface area contributed by atoms with Crippen LogP contribution in [0.1, 0.15) is 18.4 Å². The lowest BCUT2D eigenvalue weighted by Gasteiger charge is -2.17. The molecule has 1 saturated carbocycles. The molecular formula is C25H29ClN4O2. The number of hydrogen-bond acceptors (Lipinski definition) is 6. The molecule has 1 aliphatic carbocycles. The van der Waals surface area contributed by atoms with Gasteiger partial charge in [0.05, 0.1) is 19.2 Å². The van der Waals surface area contributed by atoms with E-state index in [0.29, 0.717) is 22.5 Å². The summed E-state index contributed by atoms with van der Waals surface area (Å²) < 4.78 is 11.9. The maximum absolute atomic E-state index is 6.28. The Morgan fingerprint density at radius 2 is 1.88 bits per heavy atom. The van der Waals surface area contributed by atoms with Crippen LogP contribution in [0, 0.1) is 24.7 Å². The number of halogens is 1. The molecule has 2 heterocycles. The average Bonchev–Trinajstić information content (AvgIpc) is 3.31. The summed E-state index contributed by atoms with van der Waals surface area (Å²) in [6.07, 6.45) is 4.06. The summed E-state index contributed by atoms with van der Waals surface area (Å²) in [4.78, 5) is 11.4. The molecule has 2 fully saturated rings. The smallest absolute Gasteiger partial charge is 0.163 e.